The van der Waals surface area contributed by atoms with Crippen molar-refractivity contribution in [2.24, 2.45) is 5.92 Å². The van der Waals surface area contributed by atoms with E-state index in [4.69, 9.17) is 4.11 Å². The second-order valence-corrected chi connectivity index (χ2v) is 5.86. The van der Waals surface area contributed by atoms with Crippen LogP contribution in [0.4, 0.5) is 5.69 Å². The Hall–Kier alpha value is -0.980. The van der Waals surface area contributed by atoms with E-state index in [0.717, 1.165) is 11.3 Å². The number of rotatable bonds is 4. The number of benzene rings is 1. The molecule has 1 aromatic carbocycles. The third kappa shape index (κ3) is 2.83. The summed E-state index contributed by atoms with van der Waals surface area (Å²) >= 11 is 0. The third-order valence-corrected chi connectivity index (χ3v) is 3.82. The molecule has 0 aliphatic carbocycles. The summed E-state index contributed by atoms with van der Waals surface area (Å²) in [5, 5.41) is 0. The molecule has 0 N–H and O–H groups in total. The molecule has 0 bridgehead atoms. The molecule has 96 valence electrons. The summed E-state index contributed by atoms with van der Waals surface area (Å²) in [6.07, 6.45) is 0. The van der Waals surface area contributed by atoms with E-state index < -0.39 is 6.98 Å². The Morgan fingerprint density at radius 2 is 1.71 bits per heavy atom. The molecule has 0 amide bonds. The molecule has 1 rings (SSSR count). The molecular weight excluding hydrogens is 206 g/mol. The van der Waals surface area contributed by atoms with Gasteiger partial charge in [-0.05, 0) is 36.8 Å². The van der Waals surface area contributed by atoms with E-state index in [9.17, 15) is 0 Å². The molecule has 0 saturated carbocycles. The lowest BCUT2D eigenvalue weighted by atomic mass is 9.74. The predicted octanol–water partition coefficient (Wildman–Crippen LogP) is 4.46. The SMILES string of the molecule is [2H]C([2H])([2H])N(c1ccccc1C(C)(C)C(C)C)C(C)C. The summed E-state index contributed by atoms with van der Waals surface area (Å²) in [6, 6.07) is 7.80. The van der Waals surface area contributed by atoms with Crippen molar-refractivity contribution in [2.75, 3.05) is 11.9 Å². The molecule has 0 aliphatic heterocycles. The van der Waals surface area contributed by atoms with Crippen molar-refractivity contribution in [3.63, 3.8) is 0 Å². The number of para-hydroxylation sites is 1. The molecule has 0 atom stereocenters. The van der Waals surface area contributed by atoms with E-state index in [1.54, 1.807) is 4.90 Å². The van der Waals surface area contributed by atoms with Gasteiger partial charge in [-0.15, -0.1) is 0 Å². The fourth-order valence-corrected chi connectivity index (χ4v) is 1.82. The topological polar surface area (TPSA) is 3.24 Å². The number of anilines is 1. The molecule has 0 radical (unpaired) electrons. The number of hydrogen-bond donors (Lipinski definition) is 0. The van der Waals surface area contributed by atoms with Crippen LogP contribution in [0.25, 0.3) is 0 Å². The molecule has 0 aliphatic rings. The molecule has 1 nitrogen and oxygen atoms in total. The second-order valence-electron chi connectivity index (χ2n) is 5.86. The lowest BCUT2D eigenvalue weighted by Crippen LogP contribution is -2.31. The molecule has 0 heterocycles. The summed E-state index contributed by atoms with van der Waals surface area (Å²) in [4.78, 5) is 1.55. The van der Waals surface area contributed by atoms with Gasteiger partial charge in [0.05, 0.1) is 0 Å². The van der Waals surface area contributed by atoms with Crippen LogP contribution in [0.2, 0.25) is 0 Å². The van der Waals surface area contributed by atoms with Crippen LogP contribution in [0.15, 0.2) is 24.3 Å². The predicted molar refractivity (Wildman–Crippen MR) is 77.8 cm³/mol. The summed E-state index contributed by atoms with van der Waals surface area (Å²) in [5.74, 6) is 0.425. The minimum absolute atomic E-state index is 0.0744. The first kappa shape index (κ1) is 9.99. The molecule has 0 aromatic heterocycles. The zero-order valence-corrected chi connectivity index (χ0v) is 11.9. The minimum Gasteiger partial charge on any atom is -0.372 e. The van der Waals surface area contributed by atoms with Crippen molar-refractivity contribution >= 4 is 5.69 Å². The van der Waals surface area contributed by atoms with Crippen LogP contribution in [-0.4, -0.2) is 13.0 Å². The van der Waals surface area contributed by atoms with Crippen LogP contribution in [0.1, 0.15) is 51.2 Å². The largest absolute Gasteiger partial charge is 0.372 e. The van der Waals surface area contributed by atoms with Gasteiger partial charge in [0.1, 0.15) is 0 Å². The van der Waals surface area contributed by atoms with E-state index in [2.05, 4.69) is 33.8 Å². The average Bonchev–Trinajstić information content (AvgIpc) is 2.26. The van der Waals surface area contributed by atoms with E-state index >= 15 is 0 Å². The van der Waals surface area contributed by atoms with Crippen molar-refractivity contribution in [3.05, 3.63) is 29.8 Å². The quantitative estimate of drug-likeness (QED) is 0.746. The maximum absolute atomic E-state index is 7.82. The molecule has 0 fully saturated rings. The second kappa shape index (κ2) is 5.12. The molecule has 0 unspecified atom stereocenters. The number of nitrogens with zero attached hydrogens (tertiary/aromatic N) is 1. The molecule has 17 heavy (non-hydrogen) atoms. The van der Waals surface area contributed by atoms with Crippen molar-refractivity contribution in [3.8, 4) is 0 Å². The summed E-state index contributed by atoms with van der Waals surface area (Å²) in [6.45, 7) is 10.4. The van der Waals surface area contributed by atoms with E-state index in [1.165, 1.54) is 0 Å². The van der Waals surface area contributed by atoms with Crippen LogP contribution < -0.4 is 4.90 Å². The van der Waals surface area contributed by atoms with Gasteiger partial charge < -0.3 is 4.90 Å². The normalized spacial score (nSPS) is 15.6. The van der Waals surface area contributed by atoms with Crippen molar-refractivity contribution in [1.82, 2.24) is 0 Å². The Kier molecular flexibility index (Phi) is 3.01. The lowest BCUT2D eigenvalue weighted by Gasteiger charge is -2.36. The standard InChI is InChI=1S/C16H27N/c1-12(2)16(5,6)14-10-8-9-11-15(14)17(7)13(3)4/h8-13H,1-7H3/i7D3. The minimum atomic E-state index is -2.13. The van der Waals surface area contributed by atoms with Gasteiger partial charge in [0.15, 0.2) is 0 Å². The first-order valence-electron chi connectivity index (χ1n) is 7.88. The summed E-state index contributed by atoms with van der Waals surface area (Å²) in [7, 11) is 0. The van der Waals surface area contributed by atoms with Gasteiger partial charge in [-0.1, -0.05) is 45.9 Å². The smallest absolute Gasteiger partial charge is 0.0456 e. The van der Waals surface area contributed by atoms with Crippen molar-refractivity contribution < 1.29 is 4.11 Å². The zero-order valence-electron chi connectivity index (χ0n) is 14.9. The monoisotopic (exact) mass is 236 g/mol. The van der Waals surface area contributed by atoms with Gasteiger partial charge in [-0.25, -0.2) is 0 Å². The van der Waals surface area contributed by atoms with E-state index in [1.807, 2.05) is 32.0 Å². The average molecular weight is 236 g/mol. The van der Waals surface area contributed by atoms with Crippen LogP contribution in [0.5, 0.6) is 0 Å². The third-order valence-electron chi connectivity index (χ3n) is 3.82. The Morgan fingerprint density at radius 3 is 2.18 bits per heavy atom. The maximum atomic E-state index is 7.82. The Labute approximate surface area is 111 Å². The molecular formula is C16H27N. The molecule has 0 saturated heterocycles. The van der Waals surface area contributed by atoms with Gasteiger partial charge in [-0.3, -0.25) is 0 Å². The Morgan fingerprint density at radius 1 is 1.12 bits per heavy atom. The zero-order chi connectivity index (χ0) is 15.7. The maximum Gasteiger partial charge on any atom is 0.0456 e. The van der Waals surface area contributed by atoms with Crippen LogP contribution in [0.3, 0.4) is 0 Å². The van der Waals surface area contributed by atoms with Gasteiger partial charge in [0, 0.05) is 22.8 Å². The first-order chi connectivity index (χ1) is 8.99. The fourth-order valence-electron chi connectivity index (χ4n) is 1.82. The fraction of sp³-hybridized carbons (Fsp3) is 0.625. The van der Waals surface area contributed by atoms with E-state index in [0.29, 0.717) is 5.92 Å². The highest BCUT2D eigenvalue weighted by molar-refractivity contribution is 5.56. The highest BCUT2D eigenvalue weighted by atomic mass is 15.1. The molecule has 1 aromatic rings. The van der Waals surface area contributed by atoms with Crippen molar-refractivity contribution in [2.45, 2.75) is 53.0 Å². The van der Waals surface area contributed by atoms with Crippen molar-refractivity contribution in [1.29, 1.82) is 0 Å². The first-order valence-corrected chi connectivity index (χ1v) is 6.38. The number of hydrogen-bond acceptors (Lipinski definition) is 1. The Bertz CT molecular complexity index is 447. The van der Waals surface area contributed by atoms with Crippen LogP contribution in [-0.2, 0) is 5.41 Å². The highest BCUT2D eigenvalue weighted by Crippen LogP contribution is 2.37. The summed E-state index contributed by atoms with van der Waals surface area (Å²) in [5.41, 5.74) is 1.84. The van der Waals surface area contributed by atoms with Crippen LogP contribution >= 0.6 is 0 Å². The van der Waals surface area contributed by atoms with E-state index in [-0.39, 0.29) is 11.5 Å². The van der Waals surface area contributed by atoms with Gasteiger partial charge in [0.2, 0.25) is 0 Å². The van der Waals surface area contributed by atoms with Crippen LogP contribution in [0, 0.1) is 5.92 Å². The summed E-state index contributed by atoms with van der Waals surface area (Å²) < 4.78 is 23.5. The highest BCUT2D eigenvalue weighted by Gasteiger charge is 2.28. The van der Waals surface area contributed by atoms with Gasteiger partial charge >= 0.3 is 0 Å². The van der Waals surface area contributed by atoms with Gasteiger partial charge in [0.25, 0.3) is 0 Å². The van der Waals surface area contributed by atoms with Gasteiger partial charge in [-0.2, -0.15) is 0 Å². The lowest BCUT2D eigenvalue weighted by molar-refractivity contribution is 0.372. The molecule has 0 spiro atoms. The Balaban J connectivity index is 3.46. The molecule has 1 heteroatoms.